The number of carbonyl (C=O) groups is 1. The number of sulfonamides is 1. The summed E-state index contributed by atoms with van der Waals surface area (Å²) in [6, 6.07) is 3.62. The molecule has 1 amide bonds. The molecule has 0 fully saturated rings. The number of nitrogens with one attached hydrogen (secondary N) is 2. The monoisotopic (exact) mass is 373 g/mol. The van der Waals surface area contributed by atoms with Gasteiger partial charge < -0.3 is 5.32 Å². The van der Waals surface area contributed by atoms with E-state index >= 15 is 0 Å². The van der Waals surface area contributed by atoms with E-state index in [1.807, 2.05) is 18.4 Å². The van der Waals surface area contributed by atoms with Crippen LogP contribution in [0, 0.1) is 6.92 Å². The minimum Gasteiger partial charge on any atom is -0.351 e. The van der Waals surface area contributed by atoms with Crippen LogP contribution >= 0.6 is 22.7 Å². The van der Waals surface area contributed by atoms with E-state index in [1.54, 1.807) is 17.4 Å². The molecule has 0 unspecified atom stereocenters. The highest BCUT2D eigenvalue weighted by Gasteiger charge is 2.10. The zero-order chi connectivity index (χ0) is 16.9. The Kier molecular flexibility index (Phi) is 6.28. The van der Waals surface area contributed by atoms with Gasteiger partial charge in [0.25, 0.3) is 5.91 Å². The van der Waals surface area contributed by atoms with E-state index in [4.69, 9.17) is 0 Å². The van der Waals surface area contributed by atoms with Gasteiger partial charge >= 0.3 is 0 Å². The summed E-state index contributed by atoms with van der Waals surface area (Å²) >= 11 is 2.98. The molecule has 2 rings (SSSR count). The molecule has 6 nitrogen and oxygen atoms in total. The van der Waals surface area contributed by atoms with Gasteiger partial charge in [-0.2, -0.15) is 0 Å². The van der Waals surface area contributed by atoms with Gasteiger partial charge in [-0.05, 0) is 25.5 Å². The summed E-state index contributed by atoms with van der Waals surface area (Å²) in [5, 5.41) is 5.90. The summed E-state index contributed by atoms with van der Waals surface area (Å²) in [4.78, 5) is 18.0. The van der Waals surface area contributed by atoms with Crippen molar-refractivity contribution in [3.63, 3.8) is 0 Å². The third-order valence-corrected chi connectivity index (χ3v) is 5.65. The molecule has 2 heterocycles. The first-order valence-electron chi connectivity index (χ1n) is 7.06. The highest BCUT2D eigenvalue weighted by Crippen LogP contribution is 2.17. The molecular formula is C14H19N3O3S3. The summed E-state index contributed by atoms with van der Waals surface area (Å²) in [5.41, 5.74) is 0.992. The molecule has 0 radical (unpaired) electrons. The van der Waals surface area contributed by atoms with Crippen LogP contribution in [0.4, 0.5) is 0 Å². The van der Waals surface area contributed by atoms with Gasteiger partial charge in [-0.1, -0.05) is 0 Å². The quantitative estimate of drug-likeness (QED) is 0.735. The average molecular weight is 374 g/mol. The molecule has 23 heavy (non-hydrogen) atoms. The molecule has 126 valence electrons. The molecule has 0 aliphatic heterocycles. The molecule has 0 aromatic carbocycles. The summed E-state index contributed by atoms with van der Waals surface area (Å²) in [5.74, 6) is -0.107. The molecule has 0 bridgehead atoms. The lowest BCUT2D eigenvalue weighted by Gasteiger charge is -2.02. The van der Waals surface area contributed by atoms with Crippen LogP contribution in [0.5, 0.6) is 0 Å². The van der Waals surface area contributed by atoms with Crippen LogP contribution in [0.2, 0.25) is 0 Å². The summed E-state index contributed by atoms with van der Waals surface area (Å²) in [6.45, 7) is 2.84. The lowest BCUT2D eigenvalue weighted by Crippen LogP contribution is -2.25. The maximum absolute atomic E-state index is 12.1. The smallest absolute Gasteiger partial charge is 0.261 e. The van der Waals surface area contributed by atoms with Crippen molar-refractivity contribution in [3.8, 4) is 0 Å². The molecule has 0 saturated heterocycles. The van der Waals surface area contributed by atoms with Crippen molar-refractivity contribution < 1.29 is 13.2 Å². The third-order valence-electron chi connectivity index (χ3n) is 2.95. The Hall–Kier alpha value is -1.29. The van der Waals surface area contributed by atoms with E-state index < -0.39 is 10.0 Å². The fourth-order valence-corrected chi connectivity index (χ4v) is 3.95. The number of thiazole rings is 1. The van der Waals surface area contributed by atoms with Crippen molar-refractivity contribution in [3.05, 3.63) is 38.0 Å². The van der Waals surface area contributed by atoms with Crippen LogP contribution in [0.25, 0.3) is 0 Å². The molecule has 0 atom stereocenters. The van der Waals surface area contributed by atoms with Gasteiger partial charge in [0.05, 0.1) is 21.8 Å². The molecule has 0 aliphatic carbocycles. The van der Waals surface area contributed by atoms with Crippen molar-refractivity contribution in [1.29, 1.82) is 0 Å². The highest BCUT2D eigenvalue weighted by molar-refractivity contribution is 7.88. The predicted molar refractivity (Wildman–Crippen MR) is 93.8 cm³/mol. The van der Waals surface area contributed by atoms with Gasteiger partial charge in [0.2, 0.25) is 10.0 Å². The lowest BCUT2D eigenvalue weighted by atomic mass is 10.3. The van der Waals surface area contributed by atoms with Crippen LogP contribution in [0.15, 0.2) is 17.5 Å². The topological polar surface area (TPSA) is 88.2 Å². The van der Waals surface area contributed by atoms with Crippen molar-refractivity contribution in [2.75, 3.05) is 19.3 Å². The Morgan fingerprint density at radius 2 is 2.04 bits per heavy atom. The highest BCUT2D eigenvalue weighted by atomic mass is 32.2. The first-order chi connectivity index (χ1) is 10.8. The molecular weight excluding hydrogens is 354 g/mol. The molecule has 2 aromatic heterocycles. The van der Waals surface area contributed by atoms with E-state index in [9.17, 15) is 13.2 Å². The fourth-order valence-electron chi connectivity index (χ4n) is 1.91. The first-order valence-corrected chi connectivity index (χ1v) is 10.6. The summed E-state index contributed by atoms with van der Waals surface area (Å²) in [6.07, 6.45) is 2.42. The Morgan fingerprint density at radius 1 is 1.26 bits per heavy atom. The number of hydrogen-bond acceptors (Lipinski definition) is 6. The van der Waals surface area contributed by atoms with Crippen molar-refractivity contribution in [1.82, 2.24) is 15.0 Å². The minimum atomic E-state index is -3.17. The van der Waals surface area contributed by atoms with E-state index in [0.29, 0.717) is 30.8 Å². The molecule has 0 aliphatic rings. The SMILES string of the molecule is Cc1nc(CCNC(=O)c2ccc(CCNS(C)(=O)=O)s2)cs1. The van der Waals surface area contributed by atoms with Gasteiger partial charge in [0, 0.05) is 29.8 Å². The lowest BCUT2D eigenvalue weighted by molar-refractivity contribution is 0.0958. The predicted octanol–water partition coefficient (Wildman–Crippen LogP) is 1.58. The van der Waals surface area contributed by atoms with E-state index in [-0.39, 0.29) is 5.91 Å². The summed E-state index contributed by atoms with van der Waals surface area (Å²) < 4.78 is 24.4. The number of aryl methyl sites for hydroxylation is 1. The molecule has 0 spiro atoms. The van der Waals surface area contributed by atoms with E-state index in [2.05, 4.69) is 15.0 Å². The van der Waals surface area contributed by atoms with Crippen LogP contribution < -0.4 is 10.0 Å². The zero-order valence-corrected chi connectivity index (χ0v) is 15.4. The minimum absolute atomic E-state index is 0.107. The van der Waals surface area contributed by atoms with Gasteiger partial charge in [-0.15, -0.1) is 22.7 Å². The molecule has 0 saturated carbocycles. The maximum atomic E-state index is 12.1. The van der Waals surface area contributed by atoms with Crippen LogP contribution in [-0.4, -0.2) is 38.7 Å². The van der Waals surface area contributed by atoms with Crippen molar-refractivity contribution in [2.24, 2.45) is 0 Å². The molecule has 2 N–H and O–H groups in total. The first kappa shape index (κ1) is 18.1. The van der Waals surface area contributed by atoms with Gasteiger partial charge in [-0.3, -0.25) is 4.79 Å². The van der Waals surface area contributed by atoms with Crippen LogP contribution in [-0.2, 0) is 22.9 Å². The fraction of sp³-hybridized carbons (Fsp3) is 0.429. The average Bonchev–Trinajstić information content (AvgIpc) is 3.07. The standard InChI is InChI=1S/C14H19N3O3S3/c1-10-17-11(9-21-10)5-7-15-14(18)13-4-3-12(22-13)6-8-16-23(2,19)20/h3-4,9,16H,5-8H2,1-2H3,(H,15,18). The largest absolute Gasteiger partial charge is 0.351 e. The number of hydrogen-bond donors (Lipinski definition) is 2. The van der Waals surface area contributed by atoms with Crippen LogP contribution in [0.3, 0.4) is 0 Å². The number of carbonyl (C=O) groups excluding carboxylic acids is 1. The number of thiophene rings is 1. The second-order valence-electron chi connectivity index (χ2n) is 5.05. The zero-order valence-electron chi connectivity index (χ0n) is 13.0. The second kappa shape index (κ2) is 8.00. The normalized spacial score (nSPS) is 11.6. The number of amides is 1. The van der Waals surface area contributed by atoms with Gasteiger partial charge in [-0.25, -0.2) is 18.1 Å². The number of aromatic nitrogens is 1. The Labute approximate surface area is 144 Å². The molecule has 9 heteroatoms. The third kappa shape index (κ3) is 6.38. The maximum Gasteiger partial charge on any atom is 0.261 e. The van der Waals surface area contributed by atoms with Crippen molar-refractivity contribution in [2.45, 2.75) is 19.8 Å². The van der Waals surface area contributed by atoms with Gasteiger partial charge in [0.15, 0.2) is 0 Å². The van der Waals surface area contributed by atoms with Gasteiger partial charge in [0.1, 0.15) is 0 Å². The van der Waals surface area contributed by atoms with Crippen molar-refractivity contribution >= 4 is 38.6 Å². The second-order valence-corrected chi connectivity index (χ2v) is 9.11. The Morgan fingerprint density at radius 3 is 2.70 bits per heavy atom. The summed E-state index contributed by atoms with van der Waals surface area (Å²) in [7, 11) is -3.17. The van der Waals surface area contributed by atoms with Crippen LogP contribution in [0.1, 0.15) is 25.3 Å². The number of rotatable bonds is 8. The molecule has 2 aromatic rings. The Balaban J connectivity index is 1.76. The Bertz CT molecular complexity index is 765. The van der Waals surface area contributed by atoms with E-state index in [1.165, 1.54) is 11.3 Å². The number of nitrogens with zero attached hydrogens (tertiary/aromatic N) is 1. The van der Waals surface area contributed by atoms with E-state index in [0.717, 1.165) is 21.8 Å².